The number of hydrogen-bond donors (Lipinski definition) is 2. The van der Waals surface area contributed by atoms with Gasteiger partial charge in [-0.15, -0.1) is 0 Å². The van der Waals surface area contributed by atoms with Gasteiger partial charge in [0.25, 0.3) is 0 Å². The fourth-order valence-corrected chi connectivity index (χ4v) is 2.95. The van der Waals surface area contributed by atoms with Crippen molar-refractivity contribution in [2.75, 3.05) is 0 Å². The Morgan fingerprint density at radius 3 is 2.79 bits per heavy atom. The molecule has 0 saturated carbocycles. The SMILES string of the molecule is C[C@@H]1S[C@@H](C)C/C(=N\NC(N)=O)[C@H]1C. The van der Waals surface area contributed by atoms with Gasteiger partial charge < -0.3 is 5.73 Å². The first kappa shape index (κ1) is 11.4. The van der Waals surface area contributed by atoms with Crippen molar-refractivity contribution < 1.29 is 4.79 Å². The molecule has 0 aromatic heterocycles. The van der Waals surface area contributed by atoms with E-state index >= 15 is 0 Å². The van der Waals surface area contributed by atoms with E-state index in [1.165, 1.54) is 0 Å². The van der Waals surface area contributed by atoms with Crippen LogP contribution in [0.2, 0.25) is 0 Å². The van der Waals surface area contributed by atoms with Crippen LogP contribution in [0, 0.1) is 5.92 Å². The molecule has 0 aliphatic carbocycles. The predicted molar refractivity (Wildman–Crippen MR) is 60.5 cm³/mol. The van der Waals surface area contributed by atoms with E-state index in [1.807, 2.05) is 11.8 Å². The molecule has 1 aliphatic rings. The zero-order chi connectivity index (χ0) is 10.7. The van der Waals surface area contributed by atoms with Gasteiger partial charge in [-0.1, -0.05) is 20.8 Å². The number of nitrogens with two attached hydrogens (primary N) is 1. The highest BCUT2D eigenvalue weighted by molar-refractivity contribution is 8.00. The summed E-state index contributed by atoms with van der Waals surface area (Å²) in [6, 6.07) is -0.594. The van der Waals surface area contributed by atoms with Crippen molar-refractivity contribution in [1.29, 1.82) is 0 Å². The van der Waals surface area contributed by atoms with Gasteiger partial charge in [0.15, 0.2) is 0 Å². The lowest BCUT2D eigenvalue weighted by Crippen LogP contribution is -2.34. The summed E-state index contributed by atoms with van der Waals surface area (Å²) in [5.74, 6) is 0.406. The summed E-state index contributed by atoms with van der Waals surface area (Å²) in [7, 11) is 0. The third-order valence-electron chi connectivity index (χ3n) is 2.48. The number of carbonyl (C=O) groups excluding carboxylic acids is 1. The summed E-state index contributed by atoms with van der Waals surface area (Å²) in [5.41, 5.74) is 8.31. The van der Waals surface area contributed by atoms with E-state index in [9.17, 15) is 4.79 Å². The predicted octanol–water partition coefficient (Wildman–Crippen LogP) is 1.56. The van der Waals surface area contributed by atoms with Crippen LogP contribution in [0.4, 0.5) is 4.79 Å². The molecule has 0 bridgehead atoms. The molecule has 14 heavy (non-hydrogen) atoms. The Labute approximate surface area is 88.7 Å². The van der Waals surface area contributed by atoms with Gasteiger partial charge in [0.05, 0.1) is 0 Å². The van der Waals surface area contributed by atoms with Gasteiger partial charge in [-0.25, -0.2) is 10.2 Å². The van der Waals surface area contributed by atoms with Gasteiger partial charge in [0, 0.05) is 22.1 Å². The lowest BCUT2D eigenvalue weighted by atomic mass is 9.98. The second-order valence-electron chi connectivity index (χ2n) is 3.72. The van der Waals surface area contributed by atoms with Crippen molar-refractivity contribution in [1.82, 2.24) is 5.43 Å². The van der Waals surface area contributed by atoms with Gasteiger partial charge >= 0.3 is 6.03 Å². The first-order valence-electron chi connectivity index (χ1n) is 4.78. The average molecular weight is 215 g/mol. The number of hydrogen-bond acceptors (Lipinski definition) is 3. The molecule has 1 fully saturated rings. The molecule has 1 heterocycles. The van der Waals surface area contributed by atoms with Crippen molar-refractivity contribution in [3.63, 3.8) is 0 Å². The lowest BCUT2D eigenvalue weighted by Gasteiger charge is -2.30. The van der Waals surface area contributed by atoms with E-state index in [1.54, 1.807) is 0 Å². The molecular formula is C9H17N3OS. The minimum absolute atomic E-state index is 0.406. The van der Waals surface area contributed by atoms with E-state index in [0.717, 1.165) is 12.1 Å². The maximum absolute atomic E-state index is 10.5. The van der Waals surface area contributed by atoms with Crippen LogP contribution in [-0.2, 0) is 0 Å². The van der Waals surface area contributed by atoms with Crippen molar-refractivity contribution in [3.8, 4) is 0 Å². The van der Waals surface area contributed by atoms with Crippen LogP contribution in [0.25, 0.3) is 0 Å². The molecule has 0 aromatic carbocycles. The minimum atomic E-state index is -0.594. The minimum Gasteiger partial charge on any atom is -0.350 e. The summed E-state index contributed by atoms with van der Waals surface area (Å²) >= 11 is 1.96. The summed E-state index contributed by atoms with van der Waals surface area (Å²) in [4.78, 5) is 10.5. The number of urea groups is 1. The summed E-state index contributed by atoms with van der Waals surface area (Å²) in [5, 5.41) is 5.16. The molecule has 0 aromatic rings. The molecule has 0 spiro atoms. The Hall–Kier alpha value is -0.710. The Morgan fingerprint density at radius 1 is 1.57 bits per heavy atom. The largest absolute Gasteiger partial charge is 0.350 e. The van der Waals surface area contributed by atoms with Crippen LogP contribution in [0.15, 0.2) is 5.10 Å². The van der Waals surface area contributed by atoms with Crippen LogP contribution in [0.5, 0.6) is 0 Å². The number of hydrazone groups is 1. The highest BCUT2D eigenvalue weighted by Crippen LogP contribution is 2.33. The fraction of sp³-hybridized carbons (Fsp3) is 0.778. The fourth-order valence-electron chi connectivity index (χ4n) is 1.56. The Balaban J connectivity index is 2.65. The summed E-state index contributed by atoms with van der Waals surface area (Å²) in [6.07, 6.45) is 0.927. The molecular weight excluding hydrogens is 198 g/mol. The molecule has 3 atom stereocenters. The standard InChI is InChI=1S/C9H17N3OS/c1-5-4-8(11-12-9(10)13)6(2)7(3)14-5/h5-7H,4H2,1-3H3,(H3,10,12,13)/b11-8+/t5-,6-,7-/m0/s1. The first-order valence-corrected chi connectivity index (χ1v) is 5.72. The van der Waals surface area contributed by atoms with Crippen LogP contribution in [0.3, 0.4) is 0 Å². The van der Waals surface area contributed by atoms with E-state index < -0.39 is 6.03 Å². The van der Waals surface area contributed by atoms with Crippen molar-refractivity contribution >= 4 is 23.5 Å². The van der Waals surface area contributed by atoms with E-state index in [2.05, 4.69) is 31.3 Å². The van der Waals surface area contributed by atoms with Crippen LogP contribution >= 0.6 is 11.8 Å². The maximum atomic E-state index is 10.5. The molecule has 3 N–H and O–H groups in total. The molecule has 2 amide bonds. The molecule has 4 nitrogen and oxygen atoms in total. The molecule has 0 radical (unpaired) electrons. The van der Waals surface area contributed by atoms with E-state index in [-0.39, 0.29) is 0 Å². The molecule has 1 rings (SSSR count). The monoisotopic (exact) mass is 215 g/mol. The Bertz CT molecular complexity index is 254. The van der Waals surface area contributed by atoms with Gasteiger partial charge in [-0.3, -0.25) is 0 Å². The van der Waals surface area contributed by atoms with Crippen LogP contribution in [-0.4, -0.2) is 22.2 Å². The van der Waals surface area contributed by atoms with E-state index in [0.29, 0.717) is 16.4 Å². The highest BCUT2D eigenvalue weighted by Gasteiger charge is 2.27. The van der Waals surface area contributed by atoms with Crippen molar-refractivity contribution in [2.24, 2.45) is 16.8 Å². The molecule has 1 saturated heterocycles. The van der Waals surface area contributed by atoms with E-state index in [4.69, 9.17) is 5.73 Å². The molecule has 5 heteroatoms. The Morgan fingerprint density at radius 2 is 2.21 bits per heavy atom. The average Bonchev–Trinajstić information content (AvgIpc) is 2.08. The summed E-state index contributed by atoms with van der Waals surface area (Å²) in [6.45, 7) is 6.49. The third kappa shape index (κ3) is 2.90. The summed E-state index contributed by atoms with van der Waals surface area (Å²) < 4.78 is 0. The molecule has 1 aliphatic heterocycles. The van der Waals surface area contributed by atoms with Crippen LogP contribution in [0.1, 0.15) is 27.2 Å². The zero-order valence-corrected chi connectivity index (χ0v) is 9.60. The number of nitrogens with zero attached hydrogens (tertiary/aromatic N) is 1. The number of carbonyl (C=O) groups is 1. The second kappa shape index (κ2) is 4.68. The molecule has 0 unspecified atom stereocenters. The van der Waals surface area contributed by atoms with Crippen LogP contribution < -0.4 is 11.2 Å². The highest BCUT2D eigenvalue weighted by atomic mass is 32.2. The zero-order valence-electron chi connectivity index (χ0n) is 8.78. The first-order chi connectivity index (χ1) is 6.50. The lowest BCUT2D eigenvalue weighted by molar-refractivity contribution is 0.249. The number of thioether (sulfide) groups is 1. The van der Waals surface area contributed by atoms with Gasteiger partial charge in [-0.2, -0.15) is 16.9 Å². The smallest absolute Gasteiger partial charge is 0.332 e. The van der Waals surface area contributed by atoms with Gasteiger partial charge in [-0.05, 0) is 6.42 Å². The van der Waals surface area contributed by atoms with Gasteiger partial charge in [0.2, 0.25) is 0 Å². The molecule has 80 valence electrons. The number of rotatable bonds is 1. The van der Waals surface area contributed by atoms with Crippen molar-refractivity contribution in [3.05, 3.63) is 0 Å². The van der Waals surface area contributed by atoms with Crippen molar-refractivity contribution in [2.45, 2.75) is 37.7 Å². The number of nitrogens with one attached hydrogen (secondary N) is 1. The normalized spacial score (nSPS) is 35.6. The van der Waals surface area contributed by atoms with Gasteiger partial charge in [0.1, 0.15) is 0 Å². The topological polar surface area (TPSA) is 67.5 Å². The number of amides is 2. The quantitative estimate of drug-likeness (QED) is 0.652. The third-order valence-corrected chi connectivity index (χ3v) is 3.95. The second-order valence-corrected chi connectivity index (χ2v) is 5.54. The maximum Gasteiger partial charge on any atom is 0.332 e. The Kier molecular flexibility index (Phi) is 3.80. The number of primary amides is 1.